The summed E-state index contributed by atoms with van der Waals surface area (Å²) in [6.45, 7) is 3.83. The van der Waals surface area contributed by atoms with Crippen LogP contribution in [-0.2, 0) is 18.4 Å². The molecular formula is C18H23FN4O2. The van der Waals surface area contributed by atoms with Crippen LogP contribution in [0.25, 0.3) is 0 Å². The van der Waals surface area contributed by atoms with E-state index in [1.165, 1.54) is 12.1 Å². The Kier molecular flexibility index (Phi) is 5.65. The molecule has 7 heteroatoms. The molecule has 1 aromatic carbocycles. The molecule has 0 saturated carbocycles. The van der Waals surface area contributed by atoms with Gasteiger partial charge in [-0.15, -0.1) is 0 Å². The third-order valence-corrected chi connectivity index (χ3v) is 4.39. The molecule has 0 radical (unpaired) electrons. The van der Waals surface area contributed by atoms with Gasteiger partial charge in [0.15, 0.2) is 6.61 Å². The lowest BCUT2D eigenvalue weighted by Gasteiger charge is -2.22. The normalized spacial score (nSPS) is 15.8. The van der Waals surface area contributed by atoms with Crippen molar-refractivity contribution in [2.75, 3.05) is 32.8 Å². The van der Waals surface area contributed by atoms with E-state index >= 15 is 0 Å². The number of aromatic nitrogens is 2. The number of benzene rings is 1. The summed E-state index contributed by atoms with van der Waals surface area (Å²) < 4.78 is 20.6. The van der Waals surface area contributed by atoms with Crippen LogP contribution in [0.1, 0.15) is 12.2 Å². The SMILES string of the molecule is Cn1ccnc1CN1CCCN(C(=O)COc2cccc(F)c2)CC1. The number of hydrogen-bond acceptors (Lipinski definition) is 4. The molecule has 1 fully saturated rings. The number of ether oxygens (including phenoxy) is 1. The summed E-state index contributed by atoms with van der Waals surface area (Å²) in [7, 11) is 1.99. The maximum atomic E-state index is 13.1. The zero-order chi connectivity index (χ0) is 17.6. The molecule has 0 N–H and O–H groups in total. The molecule has 3 rings (SSSR count). The molecule has 1 amide bonds. The molecule has 2 heterocycles. The van der Waals surface area contributed by atoms with Gasteiger partial charge in [-0.1, -0.05) is 6.07 Å². The van der Waals surface area contributed by atoms with E-state index in [9.17, 15) is 9.18 Å². The van der Waals surface area contributed by atoms with Gasteiger partial charge in [-0.2, -0.15) is 0 Å². The molecule has 25 heavy (non-hydrogen) atoms. The number of rotatable bonds is 5. The highest BCUT2D eigenvalue weighted by molar-refractivity contribution is 5.77. The van der Waals surface area contributed by atoms with E-state index in [1.807, 2.05) is 22.7 Å². The maximum Gasteiger partial charge on any atom is 0.260 e. The van der Waals surface area contributed by atoms with E-state index < -0.39 is 0 Å². The van der Waals surface area contributed by atoms with E-state index in [4.69, 9.17) is 4.74 Å². The van der Waals surface area contributed by atoms with E-state index in [0.717, 1.165) is 31.9 Å². The summed E-state index contributed by atoms with van der Waals surface area (Å²) in [5.41, 5.74) is 0. The predicted octanol–water partition coefficient (Wildman–Crippen LogP) is 1.67. The molecule has 2 aromatic rings. The Morgan fingerprint density at radius 3 is 2.92 bits per heavy atom. The summed E-state index contributed by atoms with van der Waals surface area (Å²) in [6, 6.07) is 5.84. The average molecular weight is 346 g/mol. The first kappa shape index (κ1) is 17.4. The van der Waals surface area contributed by atoms with Crippen LogP contribution >= 0.6 is 0 Å². The topological polar surface area (TPSA) is 50.6 Å². The van der Waals surface area contributed by atoms with Gasteiger partial charge in [-0.25, -0.2) is 9.37 Å². The second-order valence-electron chi connectivity index (χ2n) is 6.21. The lowest BCUT2D eigenvalue weighted by molar-refractivity contribution is -0.133. The van der Waals surface area contributed by atoms with Crippen molar-refractivity contribution in [1.82, 2.24) is 19.4 Å². The lowest BCUT2D eigenvalue weighted by Crippen LogP contribution is -2.38. The highest BCUT2D eigenvalue weighted by atomic mass is 19.1. The maximum absolute atomic E-state index is 13.1. The van der Waals surface area contributed by atoms with Crippen molar-refractivity contribution in [3.8, 4) is 5.75 Å². The molecule has 0 bridgehead atoms. The predicted molar refractivity (Wildman–Crippen MR) is 91.6 cm³/mol. The number of hydrogen-bond donors (Lipinski definition) is 0. The largest absolute Gasteiger partial charge is 0.484 e. The minimum atomic E-state index is -0.371. The average Bonchev–Trinajstić information content (AvgIpc) is 2.85. The Morgan fingerprint density at radius 1 is 1.28 bits per heavy atom. The molecule has 6 nitrogen and oxygen atoms in total. The zero-order valence-electron chi connectivity index (χ0n) is 14.4. The summed E-state index contributed by atoms with van der Waals surface area (Å²) >= 11 is 0. The fourth-order valence-corrected chi connectivity index (χ4v) is 2.92. The van der Waals surface area contributed by atoms with Crippen LogP contribution in [0, 0.1) is 5.82 Å². The number of carbonyl (C=O) groups excluding carboxylic acids is 1. The summed E-state index contributed by atoms with van der Waals surface area (Å²) in [5, 5.41) is 0. The highest BCUT2D eigenvalue weighted by Crippen LogP contribution is 2.13. The second kappa shape index (κ2) is 8.11. The molecule has 0 spiro atoms. The van der Waals surface area contributed by atoms with Crippen molar-refractivity contribution in [2.45, 2.75) is 13.0 Å². The molecule has 0 aliphatic carbocycles. The van der Waals surface area contributed by atoms with Crippen LogP contribution in [0.15, 0.2) is 36.7 Å². The molecule has 1 aliphatic heterocycles. The zero-order valence-corrected chi connectivity index (χ0v) is 14.4. The van der Waals surface area contributed by atoms with Crippen molar-refractivity contribution in [3.05, 3.63) is 48.3 Å². The van der Waals surface area contributed by atoms with Crippen LogP contribution in [0.4, 0.5) is 4.39 Å². The van der Waals surface area contributed by atoms with Gasteiger partial charge in [-0.3, -0.25) is 9.69 Å². The smallest absolute Gasteiger partial charge is 0.260 e. The molecule has 0 unspecified atom stereocenters. The van der Waals surface area contributed by atoms with Crippen LogP contribution < -0.4 is 4.74 Å². The minimum Gasteiger partial charge on any atom is -0.484 e. The molecular weight excluding hydrogens is 323 g/mol. The van der Waals surface area contributed by atoms with Gasteiger partial charge in [-0.05, 0) is 18.6 Å². The monoisotopic (exact) mass is 346 g/mol. The Hall–Kier alpha value is -2.41. The summed E-state index contributed by atoms with van der Waals surface area (Å²) in [5.74, 6) is 0.960. The van der Waals surface area contributed by atoms with Crippen molar-refractivity contribution < 1.29 is 13.9 Å². The fraction of sp³-hybridized carbons (Fsp3) is 0.444. The fourth-order valence-electron chi connectivity index (χ4n) is 2.92. The Morgan fingerprint density at radius 2 is 2.16 bits per heavy atom. The van der Waals surface area contributed by atoms with Crippen molar-refractivity contribution in [2.24, 2.45) is 7.05 Å². The van der Waals surface area contributed by atoms with Gasteiger partial charge in [0.05, 0.1) is 6.54 Å². The van der Waals surface area contributed by atoms with E-state index in [0.29, 0.717) is 18.8 Å². The number of imidazole rings is 1. The Bertz CT molecular complexity index is 719. The van der Waals surface area contributed by atoms with Gasteiger partial charge in [0, 0.05) is 51.7 Å². The number of amides is 1. The minimum absolute atomic E-state index is 0.0666. The van der Waals surface area contributed by atoms with Gasteiger partial charge in [0.2, 0.25) is 0 Å². The third-order valence-electron chi connectivity index (χ3n) is 4.39. The van der Waals surface area contributed by atoms with Crippen LogP contribution in [0.3, 0.4) is 0 Å². The van der Waals surface area contributed by atoms with Crippen molar-refractivity contribution >= 4 is 5.91 Å². The van der Waals surface area contributed by atoms with E-state index in [-0.39, 0.29) is 18.3 Å². The Balaban J connectivity index is 1.48. The van der Waals surface area contributed by atoms with Crippen molar-refractivity contribution in [3.63, 3.8) is 0 Å². The third kappa shape index (κ3) is 4.79. The first-order valence-corrected chi connectivity index (χ1v) is 8.46. The van der Waals surface area contributed by atoms with Gasteiger partial charge in [0.25, 0.3) is 5.91 Å². The van der Waals surface area contributed by atoms with E-state index in [1.54, 1.807) is 18.3 Å². The highest BCUT2D eigenvalue weighted by Gasteiger charge is 2.20. The first-order valence-electron chi connectivity index (χ1n) is 8.46. The molecule has 1 aliphatic rings. The van der Waals surface area contributed by atoms with Crippen LogP contribution in [-0.4, -0.2) is 58.0 Å². The standard InChI is InChI=1S/C18H23FN4O2/c1-21-9-6-20-17(21)13-22-7-3-8-23(11-10-22)18(24)14-25-16-5-2-4-15(19)12-16/h2,4-6,9,12H,3,7-8,10-11,13-14H2,1H3. The van der Waals surface area contributed by atoms with Crippen LogP contribution in [0.5, 0.6) is 5.75 Å². The van der Waals surface area contributed by atoms with Crippen LogP contribution in [0.2, 0.25) is 0 Å². The molecule has 1 saturated heterocycles. The molecule has 134 valence electrons. The first-order chi connectivity index (χ1) is 12.1. The summed E-state index contributed by atoms with van der Waals surface area (Å²) in [6.07, 6.45) is 4.65. The van der Waals surface area contributed by atoms with Gasteiger partial charge in [0.1, 0.15) is 17.4 Å². The Labute approximate surface area is 146 Å². The number of aryl methyl sites for hydroxylation is 1. The van der Waals surface area contributed by atoms with Gasteiger partial charge >= 0.3 is 0 Å². The molecule has 1 aromatic heterocycles. The lowest BCUT2D eigenvalue weighted by atomic mass is 10.3. The number of nitrogens with zero attached hydrogens (tertiary/aromatic N) is 4. The quantitative estimate of drug-likeness (QED) is 0.826. The number of carbonyl (C=O) groups is 1. The molecule has 0 atom stereocenters. The van der Waals surface area contributed by atoms with Crippen molar-refractivity contribution in [1.29, 1.82) is 0 Å². The number of halogens is 1. The van der Waals surface area contributed by atoms with Gasteiger partial charge < -0.3 is 14.2 Å². The second-order valence-corrected chi connectivity index (χ2v) is 6.21. The summed E-state index contributed by atoms with van der Waals surface area (Å²) in [4.78, 5) is 20.8. The van der Waals surface area contributed by atoms with E-state index in [2.05, 4.69) is 9.88 Å².